The number of aryl methyl sites for hydroxylation is 2. The van der Waals surface area contributed by atoms with Gasteiger partial charge in [0.05, 0.1) is 24.3 Å². The Kier molecular flexibility index (Phi) is 8.98. The lowest BCUT2D eigenvalue weighted by atomic mass is 9.91. The normalized spacial score (nSPS) is 21.1. The van der Waals surface area contributed by atoms with Crippen LogP contribution in [0.15, 0.2) is 48.5 Å². The molecule has 3 aliphatic heterocycles. The lowest BCUT2D eigenvalue weighted by Gasteiger charge is -2.38. The molecule has 3 aromatic rings. The van der Waals surface area contributed by atoms with Gasteiger partial charge in [0, 0.05) is 51.6 Å². The number of carboxylic acids is 1. The van der Waals surface area contributed by atoms with Crippen LogP contribution in [0.5, 0.6) is 5.75 Å². The monoisotopic (exact) mass is 585 g/mol. The molecule has 0 bridgehead atoms. The van der Waals surface area contributed by atoms with Gasteiger partial charge in [-0.1, -0.05) is 30.3 Å². The fourth-order valence-electron chi connectivity index (χ4n) is 7.15. The Morgan fingerprint density at radius 3 is 2.65 bits per heavy atom. The van der Waals surface area contributed by atoms with E-state index in [9.17, 15) is 9.90 Å². The molecule has 2 fully saturated rings. The summed E-state index contributed by atoms with van der Waals surface area (Å²) in [6, 6.07) is 17.1. The SMILES string of the molecule is COCC1C(C(=O)O)CCN1c1cccc(-c2cccc(C)c2OCc2cc(C)c3c(c2)CCN(C2CCOCC2)C3)n1. The summed E-state index contributed by atoms with van der Waals surface area (Å²) in [4.78, 5) is 21.6. The number of benzene rings is 2. The molecule has 0 aliphatic carbocycles. The second-order valence-electron chi connectivity index (χ2n) is 12.2. The molecule has 3 aliphatic rings. The molecule has 228 valence electrons. The van der Waals surface area contributed by atoms with Crippen LogP contribution in [0.4, 0.5) is 5.82 Å². The molecule has 8 heteroatoms. The van der Waals surface area contributed by atoms with Crippen LogP contribution in [-0.4, -0.2) is 73.1 Å². The average Bonchev–Trinajstić information content (AvgIpc) is 3.45. The number of para-hydroxylation sites is 1. The predicted octanol–water partition coefficient (Wildman–Crippen LogP) is 5.41. The molecule has 2 saturated heterocycles. The van der Waals surface area contributed by atoms with Crippen LogP contribution in [0, 0.1) is 19.8 Å². The molecule has 1 aromatic heterocycles. The van der Waals surface area contributed by atoms with Gasteiger partial charge >= 0.3 is 5.97 Å². The molecule has 0 amide bonds. The van der Waals surface area contributed by atoms with Crippen molar-refractivity contribution in [2.24, 2.45) is 5.92 Å². The van der Waals surface area contributed by atoms with Crippen molar-refractivity contribution in [3.8, 4) is 17.0 Å². The van der Waals surface area contributed by atoms with Crippen LogP contribution in [0.3, 0.4) is 0 Å². The minimum atomic E-state index is -0.788. The highest BCUT2D eigenvalue weighted by molar-refractivity contribution is 5.74. The third-order valence-electron chi connectivity index (χ3n) is 9.46. The van der Waals surface area contributed by atoms with Crippen molar-refractivity contribution in [2.75, 3.05) is 44.9 Å². The first-order chi connectivity index (χ1) is 20.9. The first-order valence-electron chi connectivity index (χ1n) is 15.5. The standard InChI is InChI=1S/C35H43N3O5/c1-23-6-4-7-28(31-8-5-9-33(36-31)38-15-11-29(35(39)40)32(38)22-41-3)34(23)43-21-25-18-24(2)30-20-37(14-10-26(30)19-25)27-12-16-42-17-13-27/h4-9,18-19,27,29,32H,10-17,20-22H2,1-3H3,(H,39,40). The second kappa shape index (κ2) is 13.0. The Morgan fingerprint density at radius 2 is 1.86 bits per heavy atom. The van der Waals surface area contributed by atoms with Crippen molar-refractivity contribution < 1.29 is 24.1 Å². The zero-order valence-corrected chi connectivity index (χ0v) is 25.6. The van der Waals surface area contributed by atoms with E-state index in [1.54, 1.807) is 7.11 Å². The van der Waals surface area contributed by atoms with Crippen LogP contribution >= 0.6 is 0 Å². The molecule has 8 nitrogen and oxygen atoms in total. The van der Waals surface area contributed by atoms with Crippen molar-refractivity contribution in [2.45, 2.75) is 64.8 Å². The molecular weight excluding hydrogens is 542 g/mol. The molecular formula is C35H43N3O5. The van der Waals surface area contributed by atoms with Gasteiger partial charge in [0.15, 0.2) is 0 Å². The highest BCUT2D eigenvalue weighted by atomic mass is 16.5. The molecule has 4 heterocycles. The number of carbonyl (C=O) groups is 1. The summed E-state index contributed by atoms with van der Waals surface area (Å²) in [5, 5.41) is 9.75. The first-order valence-corrected chi connectivity index (χ1v) is 15.5. The van der Waals surface area contributed by atoms with E-state index in [1.165, 1.54) is 22.3 Å². The third kappa shape index (κ3) is 6.28. The van der Waals surface area contributed by atoms with Crippen LogP contribution in [-0.2, 0) is 33.8 Å². The Balaban J connectivity index is 1.21. The number of aliphatic carboxylic acids is 1. The highest BCUT2D eigenvalue weighted by Crippen LogP contribution is 2.36. The molecule has 0 spiro atoms. The van der Waals surface area contributed by atoms with Crippen LogP contribution in [0.2, 0.25) is 0 Å². The summed E-state index contributed by atoms with van der Waals surface area (Å²) < 4.78 is 17.6. The topological polar surface area (TPSA) is 84.4 Å². The zero-order chi connectivity index (χ0) is 29.9. The molecule has 0 radical (unpaired) electrons. The Labute approximate surface area is 254 Å². The van der Waals surface area contributed by atoms with Gasteiger partial charge in [0.1, 0.15) is 18.2 Å². The van der Waals surface area contributed by atoms with E-state index >= 15 is 0 Å². The zero-order valence-electron chi connectivity index (χ0n) is 25.6. The summed E-state index contributed by atoms with van der Waals surface area (Å²) in [7, 11) is 1.61. The van der Waals surface area contributed by atoms with E-state index < -0.39 is 11.9 Å². The summed E-state index contributed by atoms with van der Waals surface area (Å²) in [6.07, 6.45) is 3.90. The summed E-state index contributed by atoms with van der Waals surface area (Å²) in [5.41, 5.74) is 8.22. The number of methoxy groups -OCH3 is 1. The molecule has 43 heavy (non-hydrogen) atoms. The quantitative estimate of drug-likeness (QED) is 0.357. The van der Waals surface area contributed by atoms with Crippen molar-refractivity contribution in [1.29, 1.82) is 0 Å². The molecule has 0 saturated carbocycles. The predicted molar refractivity (Wildman–Crippen MR) is 167 cm³/mol. The molecule has 6 rings (SSSR count). The Bertz CT molecular complexity index is 1450. The van der Waals surface area contributed by atoms with Gasteiger partial charge in [-0.15, -0.1) is 0 Å². The van der Waals surface area contributed by atoms with Crippen molar-refractivity contribution in [3.05, 3.63) is 76.3 Å². The summed E-state index contributed by atoms with van der Waals surface area (Å²) in [5.74, 6) is 0.319. The lowest BCUT2D eigenvalue weighted by Crippen LogP contribution is -2.42. The van der Waals surface area contributed by atoms with Gasteiger partial charge in [-0.25, -0.2) is 4.98 Å². The number of anilines is 1. The van der Waals surface area contributed by atoms with Gasteiger partial charge in [-0.05, 0) is 85.5 Å². The maximum atomic E-state index is 11.9. The summed E-state index contributed by atoms with van der Waals surface area (Å²) >= 11 is 0. The number of pyridine rings is 1. The van der Waals surface area contributed by atoms with Gasteiger partial charge in [0.25, 0.3) is 0 Å². The lowest BCUT2D eigenvalue weighted by molar-refractivity contribution is -0.142. The van der Waals surface area contributed by atoms with Gasteiger partial charge in [0.2, 0.25) is 0 Å². The number of fused-ring (bicyclic) bond motifs is 1. The molecule has 2 atom stereocenters. The van der Waals surface area contributed by atoms with E-state index in [-0.39, 0.29) is 6.04 Å². The van der Waals surface area contributed by atoms with E-state index in [0.717, 1.165) is 74.0 Å². The minimum absolute atomic E-state index is 0.255. The maximum absolute atomic E-state index is 11.9. The van der Waals surface area contributed by atoms with E-state index in [1.807, 2.05) is 30.3 Å². The second-order valence-corrected chi connectivity index (χ2v) is 12.2. The number of aromatic nitrogens is 1. The fraction of sp³-hybridized carbons (Fsp3) is 0.486. The van der Waals surface area contributed by atoms with Crippen LogP contribution in [0.25, 0.3) is 11.3 Å². The third-order valence-corrected chi connectivity index (χ3v) is 9.46. The summed E-state index contributed by atoms with van der Waals surface area (Å²) in [6.45, 7) is 9.62. The van der Waals surface area contributed by atoms with E-state index in [0.29, 0.717) is 32.2 Å². The van der Waals surface area contributed by atoms with Crippen molar-refractivity contribution in [3.63, 3.8) is 0 Å². The number of hydrogen-bond acceptors (Lipinski definition) is 7. The Morgan fingerprint density at radius 1 is 1.05 bits per heavy atom. The van der Waals surface area contributed by atoms with E-state index in [2.05, 4.69) is 41.8 Å². The number of carboxylic acid groups (broad SMARTS) is 1. The Hall–Kier alpha value is -3.46. The highest BCUT2D eigenvalue weighted by Gasteiger charge is 2.39. The van der Waals surface area contributed by atoms with Crippen molar-refractivity contribution in [1.82, 2.24) is 9.88 Å². The van der Waals surface area contributed by atoms with Gasteiger partial charge in [-0.3, -0.25) is 9.69 Å². The van der Waals surface area contributed by atoms with Crippen LogP contribution in [0.1, 0.15) is 47.1 Å². The maximum Gasteiger partial charge on any atom is 0.308 e. The number of nitrogens with zero attached hydrogens (tertiary/aromatic N) is 3. The fourth-order valence-corrected chi connectivity index (χ4v) is 7.15. The molecule has 1 N–H and O–H groups in total. The minimum Gasteiger partial charge on any atom is -0.488 e. The van der Waals surface area contributed by atoms with Gasteiger partial charge in [-0.2, -0.15) is 0 Å². The van der Waals surface area contributed by atoms with Crippen molar-refractivity contribution >= 4 is 11.8 Å². The first kappa shape index (κ1) is 29.6. The van der Waals surface area contributed by atoms with E-state index in [4.69, 9.17) is 19.2 Å². The smallest absolute Gasteiger partial charge is 0.308 e. The largest absolute Gasteiger partial charge is 0.488 e. The van der Waals surface area contributed by atoms with Gasteiger partial charge < -0.3 is 24.2 Å². The molecule has 2 unspecified atom stereocenters. The number of hydrogen-bond donors (Lipinski definition) is 1. The average molecular weight is 586 g/mol. The number of ether oxygens (including phenoxy) is 3. The molecule has 2 aromatic carbocycles. The van der Waals surface area contributed by atoms with Crippen LogP contribution < -0.4 is 9.64 Å². The number of rotatable bonds is 9.